The van der Waals surface area contributed by atoms with E-state index in [9.17, 15) is 4.55 Å². The molecule has 0 N–H and O–H groups in total. The van der Waals surface area contributed by atoms with Gasteiger partial charge in [0.25, 0.3) is 0 Å². The normalized spacial score (nSPS) is 11.8. The number of unbranched alkanes of at least 4 members (excludes halogenated alkanes) is 1. The van der Waals surface area contributed by atoms with Crippen LogP contribution in [0, 0.1) is 22.7 Å². The minimum Gasteiger partial charge on any atom is -0.611 e. The number of nitrogens with zero attached hydrogens (tertiary/aromatic N) is 2. The Balaban J connectivity index is 3.05. The number of nitriles is 2. The van der Waals surface area contributed by atoms with Crippen LogP contribution in [0.4, 0.5) is 0 Å². The zero-order chi connectivity index (χ0) is 12.1. The topological polar surface area (TPSA) is 70.6 Å². The molecule has 1 aromatic heterocycles. The average molecular weight is 317 g/mol. The zero-order valence-electron chi connectivity index (χ0n) is 8.62. The molecule has 0 fully saturated rings. The molecule has 84 valence electrons. The molecule has 1 heterocycles. The van der Waals surface area contributed by atoms with Crippen molar-refractivity contribution in [2.45, 2.75) is 24.0 Å². The first kappa shape index (κ1) is 13.5. The number of thiophene rings is 1. The molecule has 6 heteroatoms. The second-order valence-electron chi connectivity index (χ2n) is 3.03. The van der Waals surface area contributed by atoms with E-state index < -0.39 is 11.2 Å². The SMILES string of the molecule is CCCC[S+]([O-])c1sc(C#N)c(Br)c1C#N. The first-order chi connectivity index (χ1) is 7.65. The number of halogens is 1. The summed E-state index contributed by atoms with van der Waals surface area (Å²) in [6.07, 6.45) is 1.82. The Morgan fingerprint density at radius 1 is 1.44 bits per heavy atom. The standard InChI is InChI=1S/C10H9BrN2OS2/c1-2-3-4-16(14)10-7(5-12)9(11)8(6-13)15-10/h2-4H2,1H3. The lowest BCUT2D eigenvalue weighted by Gasteiger charge is -2.07. The molecule has 0 saturated carbocycles. The Morgan fingerprint density at radius 3 is 2.62 bits per heavy atom. The summed E-state index contributed by atoms with van der Waals surface area (Å²) in [6.45, 7) is 2.02. The third-order valence-electron chi connectivity index (χ3n) is 1.92. The van der Waals surface area contributed by atoms with E-state index in [1.54, 1.807) is 0 Å². The average Bonchev–Trinajstić information content (AvgIpc) is 2.62. The van der Waals surface area contributed by atoms with Crippen LogP contribution in [-0.4, -0.2) is 10.3 Å². The van der Waals surface area contributed by atoms with Gasteiger partial charge in [-0.05, 0) is 33.5 Å². The van der Waals surface area contributed by atoms with Crippen molar-refractivity contribution in [2.24, 2.45) is 0 Å². The maximum absolute atomic E-state index is 11.9. The van der Waals surface area contributed by atoms with Crippen molar-refractivity contribution < 1.29 is 4.55 Å². The van der Waals surface area contributed by atoms with Gasteiger partial charge in [-0.3, -0.25) is 0 Å². The molecule has 0 bridgehead atoms. The van der Waals surface area contributed by atoms with Gasteiger partial charge in [0, 0.05) is 0 Å². The van der Waals surface area contributed by atoms with E-state index in [4.69, 9.17) is 10.5 Å². The van der Waals surface area contributed by atoms with E-state index >= 15 is 0 Å². The lowest BCUT2D eigenvalue weighted by molar-refractivity contribution is 0.593. The van der Waals surface area contributed by atoms with Crippen molar-refractivity contribution in [3.63, 3.8) is 0 Å². The Morgan fingerprint density at radius 2 is 2.12 bits per heavy atom. The quantitative estimate of drug-likeness (QED) is 0.801. The van der Waals surface area contributed by atoms with E-state index in [0.717, 1.165) is 24.2 Å². The van der Waals surface area contributed by atoms with Crippen LogP contribution in [-0.2, 0) is 11.2 Å². The van der Waals surface area contributed by atoms with Crippen LogP contribution in [0.5, 0.6) is 0 Å². The van der Waals surface area contributed by atoms with Gasteiger partial charge >= 0.3 is 0 Å². The Bertz CT molecular complexity index is 459. The summed E-state index contributed by atoms with van der Waals surface area (Å²) in [6, 6.07) is 3.98. The van der Waals surface area contributed by atoms with Gasteiger partial charge in [0.15, 0.2) is 0 Å². The van der Waals surface area contributed by atoms with Crippen LogP contribution in [0.25, 0.3) is 0 Å². The molecule has 0 aliphatic heterocycles. The van der Waals surface area contributed by atoms with Crippen LogP contribution in [0.2, 0.25) is 0 Å². The van der Waals surface area contributed by atoms with E-state index in [0.29, 0.717) is 24.9 Å². The van der Waals surface area contributed by atoms with E-state index in [1.165, 1.54) is 0 Å². The summed E-state index contributed by atoms with van der Waals surface area (Å²) >= 11 is 3.16. The fourth-order valence-electron chi connectivity index (χ4n) is 1.09. The third-order valence-corrected chi connectivity index (χ3v) is 5.95. The first-order valence-electron chi connectivity index (χ1n) is 4.66. The molecule has 1 unspecified atom stereocenters. The molecule has 0 aliphatic carbocycles. The molecule has 0 saturated heterocycles. The van der Waals surface area contributed by atoms with Crippen molar-refractivity contribution in [3.05, 3.63) is 14.9 Å². The van der Waals surface area contributed by atoms with E-state index in [2.05, 4.69) is 15.9 Å². The highest BCUT2D eigenvalue weighted by molar-refractivity contribution is 9.10. The molecule has 0 spiro atoms. The second-order valence-corrected chi connectivity index (χ2v) is 6.61. The predicted octanol–water partition coefficient (Wildman–Crippen LogP) is 3.16. The summed E-state index contributed by atoms with van der Waals surface area (Å²) in [7, 11) is 0. The van der Waals surface area contributed by atoms with Crippen LogP contribution in [0.15, 0.2) is 8.68 Å². The predicted molar refractivity (Wildman–Crippen MR) is 67.6 cm³/mol. The fourth-order valence-corrected chi connectivity index (χ4v) is 4.62. The van der Waals surface area contributed by atoms with Gasteiger partial charge < -0.3 is 4.55 Å². The Kier molecular flexibility index (Phi) is 5.30. The fraction of sp³-hybridized carbons (Fsp3) is 0.400. The summed E-state index contributed by atoms with van der Waals surface area (Å²) in [4.78, 5) is 0.413. The van der Waals surface area contributed by atoms with Gasteiger partial charge in [-0.2, -0.15) is 10.5 Å². The molecule has 3 nitrogen and oxygen atoms in total. The molecule has 0 radical (unpaired) electrons. The molecule has 0 aliphatic rings. The van der Waals surface area contributed by atoms with Gasteiger partial charge in [0.1, 0.15) is 28.3 Å². The minimum atomic E-state index is -1.17. The van der Waals surface area contributed by atoms with Crippen LogP contribution < -0.4 is 0 Å². The summed E-state index contributed by atoms with van der Waals surface area (Å²) in [5.74, 6) is 0.545. The van der Waals surface area contributed by atoms with E-state index in [-0.39, 0.29) is 0 Å². The number of hydrogen-bond acceptors (Lipinski definition) is 4. The lowest BCUT2D eigenvalue weighted by Crippen LogP contribution is -2.06. The van der Waals surface area contributed by atoms with Gasteiger partial charge in [-0.25, -0.2) is 0 Å². The minimum absolute atomic E-state index is 0.344. The van der Waals surface area contributed by atoms with Crippen LogP contribution in [0.3, 0.4) is 0 Å². The zero-order valence-corrected chi connectivity index (χ0v) is 11.8. The van der Waals surface area contributed by atoms with Crippen LogP contribution >= 0.6 is 27.3 Å². The Labute approximate surface area is 110 Å². The van der Waals surface area contributed by atoms with Gasteiger partial charge in [0.2, 0.25) is 4.21 Å². The second kappa shape index (κ2) is 6.27. The van der Waals surface area contributed by atoms with Gasteiger partial charge in [0.05, 0.1) is 4.47 Å². The maximum Gasteiger partial charge on any atom is 0.227 e. The molecule has 1 aromatic rings. The van der Waals surface area contributed by atoms with Crippen molar-refractivity contribution in [2.75, 3.05) is 5.75 Å². The largest absolute Gasteiger partial charge is 0.611 e. The summed E-state index contributed by atoms with van der Waals surface area (Å²) in [5, 5.41) is 17.8. The molecule has 1 rings (SSSR count). The number of rotatable bonds is 4. The molecule has 16 heavy (non-hydrogen) atoms. The smallest absolute Gasteiger partial charge is 0.227 e. The third kappa shape index (κ3) is 2.78. The lowest BCUT2D eigenvalue weighted by atomic mass is 10.3. The molecule has 1 atom stereocenters. The van der Waals surface area contributed by atoms with Crippen molar-refractivity contribution in [3.8, 4) is 12.1 Å². The van der Waals surface area contributed by atoms with E-state index in [1.807, 2.05) is 19.1 Å². The highest BCUT2D eigenvalue weighted by atomic mass is 79.9. The van der Waals surface area contributed by atoms with Crippen molar-refractivity contribution >= 4 is 38.4 Å². The van der Waals surface area contributed by atoms with Crippen LogP contribution in [0.1, 0.15) is 30.2 Å². The van der Waals surface area contributed by atoms with Gasteiger partial charge in [-0.1, -0.05) is 24.7 Å². The summed E-state index contributed by atoms with van der Waals surface area (Å²) < 4.78 is 12.9. The monoisotopic (exact) mass is 316 g/mol. The Hall–Kier alpha value is -0.530. The highest BCUT2D eigenvalue weighted by Crippen LogP contribution is 2.36. The molecular weight excluding hydrogens is 308 g/mol. The van der Waals surface area contributed by atoms with Gasteiger partial charge in [-0.15, -0.1) is 0 Å². The first-order valence-corrected chi connectivity index (χ1v) is 7.59. The highest BCUT2D eigenvalue weighted by Gasteiger charge is 2.25. The number of hydrogen-bond donors (Lipinski definition) is 0. The summed E-state index contributed by atoms with van der Waals surface area (Å²) in [5.41, 5.74) is 0.344. The van der Waals surface area contributed by atoms with Crippen molar-refractivity contribution in [1.29, 1.82) is 10.5 Å². The molecule has 0 aromatic carbocycles. The molecular formula is C10H9BrN2OS2. The molecule has 0 amide bonds. The maximum atomic E-state index is 11.9. The van der Waals surface area contributed by atoms with Crippen molar-refractivity contribution in [1.82, 2.24) is 0 Å².